The average Bonchev–Trinajstić information content (AvgIpc) is 2.89. The van der Waals surface area contributed by atoms with Crippen molar-refractivity contribution < 1.29 is 4.74 Å². The molecule has 1 atom stereocenters. The summed E-state index contributed by atoms with van der Waals surface area (Å²) in [7, 11) is 0. The second-order valence-corrected chi connectivity index (χ2v) is 4.10. The van der Waals surface area contributed by atoms with Crippen molar-refractivity contribution in [2.75, 3.05) is 6.61 Å². The highest BCUT2D eigenvalue weighted by molar-refractivity contribution is 5.76. The Morgan fingerprint density at radius 3 is 3.21 bits per heavy atom. The van der Waals surface area contributed by atoms with E-state index >= 15 is 0 Å². The third kappa shape index (κ3) is 1.16. The maximum atomic E-state index is 5.62. The van der Waals surface area contributed by atoms with E-state index in [1.807, 2.05) is 0 Å². The van der Waals surface area contributed by atoms with Gasteiger partial charge in [-0.2, -0.15) is 0 Å². The highest BCUT2D eigenvalue weighted by Gasteiger charge is 2.31. The van der Waals surface area contributed by atoms with Gasteiger partial charge in [0.15, 0.2) is 0 Å². The first-order valence-electron chi connectivity index (χ1n) is 5.36. The first kappa shape index (κ1) is 8.10. The molecule has 72 valence electrons. The van der Waals surface area contributed by atoms with Crippen LogP contribution in [0.1, 0.15) is 19.8 Å². The van der Waals surface area contributed by atoms with E-state index in [0.717, 1.165) is 24.7 Å². The second kappa shape index (κ2) is 2.88. The van der Waals surface area contributed by atoms with Crippen LogP contribution in [0, 0.1) is 5.92 Å². The fraction of sp³-hybridized carbons (Fsp3) is 0.385. The summed E-state index contributed by atoms with van der Waals surface area (Å²) in [5.74, 6) is 1.80. The Morgan fingerprint density at radius 1 is 1.43 bits per heavy atom. The van der Waals surface area contributed by atoms with Gasteiger partial charge in [-0.25, -0.2) is 0 Å². The molecule has 2 aliphatic carbocycles. The molecule has 1 nitrogen and oxygen atoms in total. The molecule has 3 rings (SSSR count). The Morgan fingerprint density at radius 2 is 2.36 bits per heavy atom. The molecule has 0 spiro atoms. The molecule has 0 saturated heterocycles. The smallest absolute Gasteiger partial charge is 0.119 e. The SMILES string of the molecule is CCCOc1ccc2c(c1)=C1CC1C=2. The lowest BCUT2D eigenvalue weighted by Gasteiger charge is -2.03. The second-order valence-electron chi connectivity index (χ2n) is 4.10. The maximum absolute atomic E-state index is 5.62. The van der Waals surface area contributed by atoms with Gasteiger partial charge in [0.1, 0.15) is 5.75 Å². The highest BCUT2D eigenvalue weighted by Crippen LogP contribution is 2.41. The summed E-state index contributed by atoms with van der Waals surface area (Å²) in [6, 6.07) is 6.46. The molecule has 0 heterocycles. The van der Waals surface area contributed by atoms with Gasteiger partial charge in [0.25, 0.3) is 0 Å². The van der Waals surface area contributed by atoms with Crippen LogP contribution in [0.4, 0.5) is 0 Å². The van der Waals surface area contributed by atoms with Crippen LogP contribution < -0.4 is 15.2 Å². The topological polar surface area (TPSA) is 9.23 Å². The zero-order valence-corrected chi connectivity index (χ0v) is 8.42. The molecule has 2 aliphatic rings. The highest BCUT2D eigenvalue weighted by atomic mass is 16.5. The number of fused-ring (bicyclic) bond motifs is 2. The fourth-order valence-corrected chi connectivity index (χ4v) is 2.13. The molecular formula is C13H14O. The number of rotatable bonds is 3. The lowest BCUT2D eigenvalue weighted by molar-refractivity contribution is 0.317. The third-order valence-electron chi connectivity index (χ3n) is 2.95. The van der Waals surface area contributed by atoms with Crippen LogP contribution in [0.3, 0.4) is 0 Å². The van der Waals surface area contributed by atoms with E-state index < -0.39 is 0 Å². The zero-order chi connectivity index (χ0) is 9.54. The van der Waals surface area contributed by atoms with Crippen molar-refractivity contribution in [1.82, 2.24) is 0 Å². The summed E-state index contributed by atoms with van der Waals surface area (Å²) in [6.07, 6.45) is 4.72. The molecule has 14 heavy (non-hydrogen) atoms. The summed E-state index contributed by atoms with van der Waals surface area (Å²) in [6.45, 7) is 2.95. The minimum absolute atomic E-state index is 0.770. The summed E-state index contributed by atoms with van der Waals surface area (Å²) in [5.41, 5.74) is 1.61. The number of benzene rings is 1. The minimum Gasteiger partial charge on any atom is -0.494 e. The van der Waals surface area contributed by atoms with Gasteiger partial charge < -0.3 is 4.74 Å². The van der Waals surface area contributed by atoms with Gasteiger partial charge in [0.2, 0.25) is 0 Å². The molecular weight excluding hydrogens is 172 g/mol. The van der Waals surface area contributed by atoms with Crippen LogP contribution in [0.25, 0.3) is 11.6 Å². The van der Waals surface area contributed by atoms with Crippen molar-refractivity contribution in [1.29, 1.82) is 0 Å². The van der Waals surface area contributed by atoms with E-state index in [2.05, 4.69) is 31.2 Å². The summed E-state index contributed by atoms with van der Waals surface area (Å²) in [5, 5.41) is 2.84. The van der Waals surface area contributed by atoms with E-state index in [-0.39, 0.29) is 0 Å². The number of hydrogen-bond acceptors (Lipinski definition) is 1. The van der Waals surface area contributed by atoms with Crippen molar-refractivity contribution in [2.45, 2.75) is 19.8 Å². The van der Waals surface area contributed by atoms with E-state index in [1.54, 1.807) is 5.57 Å². The van der Waals surface area contributed by atoms with Gasteiger partial charge in [-0.3, -0.25) is 0 Å². The lowest BCUT2D eigenvalue weighted by Crippen LogP contribution is -2.22. The van der Waals surface area contributed by atoms with Crippen LogP contribution in [-0.4, -0.2) is 6.61 Å². The predicted octanol–water partition coefficient (Wildman–Crippen LogP) is 1.44. The van der Waals surface area contributed by atoms with Gasteiger partial charge in [-0.15, -0.1) is 0 Å². The van der Waals surface area contributed by atoms with Gasteiger partial charge in [-0.1, -0.05) is 24.6 Å². The van der Waals surface area contributed by atoms with Gasteiger partial charge in [0, 0.05) is 5.92 Å². The van der Waals surface area contributed by atoms with E-state index in [1.165, 1.54) is 16.9 Å². The Hall–Kier alpha value is -1.24. The number of ether oxygens (including phenoxy) is 1. The standard InChI is InChI=1S/C13H14O/c1-2-5-14-11-4-3-9-6-10-7-12(10)13(9)8-11/h3-4,6,8,10H,2,5,7H2,1H3. The normalized spacial score (nSPS) is 21.2. The Bertz CT molecular complexity index is 484. The molecule has 1 saturated carbocycles. The van der Waals surface area contributed by atoms with Gasteiger partial charge in [0.05, 0.1) is 6.61 Å². The first-order chi connectivity index (χ1) is 6.88. The fourth-order valence-electron chi connectivity index (χ4n) is 2.13. The average molecular weight is 186 g/mol. The Balaban J connectivity index is 2.00. The Kier molecular flexibility index (Phi) is 1.66. The van der Waals surface area contributed by atoms with Crippen LogP contribution >= 0.6 is 0 Å². The molecule has 1 heteroatoms. The van der Waals surface area contributed by atoms with E-state index in [0.29, 0.717) is 0 Å². The van der Waals surface area contributed by atoms with Crippen molar-refractivity contribution in [3.63, 3.8) is 0 Å². The third-order valence-corrected chi connectivity index (χ3v) is 2.95. The quantitative estimate of drug-likeness (QED) is 0.694. The summed E-state index contributed by atoms with van der Waals surface area (Å²) in [4.78, 5) is 0. The van der Waals surface area contributed by atoms with Crippen molar-refractivity contribution >= 4 is 11.6 Å². The molecule has 0 aromatic heterocycles. The largest absolute Gasteiger partial charge is 0.494 e. The molecule has 0 radical (unpaired) electrons. The molecule has 1 fully saturated rings. The van der Waals surface area contributed by atoms with E-state index in [4.69, 9.17) is 4.74 Å². The van der Waals surface area contributed by atoms with Crippen LogP contribution in [-0.2, 0) is 0 Å². The maximum Gasteiger partial charge on any atom is 0.119 e. The van der Waals surface area contributed by atoms with E-state index in [9.17, 15) is 0 Å². The van der Waals surface area contributed by atoms with Gasteiger partial charge in [-0.05, 0) is 35.4 Å². The monoisotopic (exact) mass is 186 g/mol. The lowest BCUT2D eigenvalue weighted by atomic mass is 10.2. The van der Waals surface area contributed by atoms with Crippen LogP contribution in [0.15, 0.2) is 18.2 Å². The summed E-state index contributed by atoms with van der Waals surface area (Å²) >= 11 is 0. The van der Waals surface area contributed by atoms with Crippen LogP contribution in [0.5, 0.6) is 5.75 Å². The zero-order valence-electron chi connectivity index (χ0n) is 8.42. The molecule has 1 aromatic carbocycles. The Labute approximate surface area is 83.7 Å². The van der Waals surface area contributed by atoms with Crippen LogP contribution in [0.2, 0.25) is 0 Å². The molecule has 1 unspecified atom stereocenters. The number of hydrogen-bond donors (Lipinski definition) is 0. The molecule has 0 aliphatic heterocycles. The first-order valence-corrected chi connectivity index (χ1v) is 5.36. The minimum atomic E-state index is 0.770. The molecule has 1 aromatic rings. The molecule has 0 bridgehead atoms. The molecule has 0 N–H and O–H groups in total. The summed E-state index contributed by atoms with van der Waals surface area (Å²) < 4.78 is 5.62. The predicted molar refractivity (Wildman–Crippen MR) is 57.5 cm³/mol. The van der Waals surface area contributed by atoms with Crippen molar-refractivity contribution in [2.24, 2.45) is 5.92 Å². The van der Waals surface area contributed by atoms with Crippen molar-refractivity contribution in [3.05, 3.63) is 28.6 Å². The molecule has 0 amide bonds. The van der Waals surface area contributed by atoms with Crippen molar-refractivity contribution in [3.8, 4) is 5.75 Å². The van der Waals surface area contributed by atoms with Gasteiger partial charge >= 0.3 is 0 Å².